The van der Waals surface area contributed by atoms with Crippen molar-refractivity contribution in [3.63, 3.8) is 0 Å². The second-order valence-corrected chi connectivity index (χ2v) is 6.16. The summed E-state index contributed by atoms with van der Waals surface area (Å²) < 4.78 is 0. The summed E-state index contributed by atoms with van der Waals surface area (Å²) >= 11 is 0. The molecule has 0 aromatic heterocycles. The Morgan fingerprint density at radius 1 is 1.17 bits per heavy atom. The second kappa shape index (κ2) is 6.07. The summed E-state index contributed by atoms with van der Waals surface area (Å²) in [6, 6.07) is -1.19. The summed E-state index contributed by atoms with van der Waals surface area (Å²) in [4.78, 5) is 24.6. The standard InChI is InChI=1S/C13H26N2O3/c1-8(2)10(11(16)17)14-12(18)15(7)9(3)13(4,5)6/h8-10H,1-7H3,(H,14,18)(H,16,17). The predicted octanol–water partition coefficient (Wildman–Crippen LogP) is 2.17. The SMILES string of the molecule is CC(C)C(NC(=O)N(C)C(C)C(C)(C)C)C(=O)O. The number of carboxylic acids is 1. The molecule has 2 amide bonds. The molecule has 18 heavy (non-hydrogen) atoms. The van der Waals surface area contributed by atoms with Gasteiger partial charge in [0.15, 0.2) is 0 Å². The van der Waals surface area contributed by atoms with E-state index in [-0.39, 0.29) is 23.4 Å². The highest BCUT2D eigenvalue weighted by molar-refractivity contribution is 5.82. The van der Waals surface area contributed by atoms with Gasteiger partial charge in [-0.15, -0.1) is 0 Å². The molecule has 5 heteroatoms. The van der Waals surface area contributed by atoms with Crippen molar-refractivity contribution in [2.45, 2.75) is 53.6 Å². The highest BCUT2D eigenvalue weighted by Crippen LogP contribution is 2.23. The van der Waals surface area contributed by atoms with Crippen molar-refractivity contribution in [1.29, 1.82) is 0 Å². The molecule has 0 aliphatic rings. The van der Waals surface area contributed by atoms with Gasteiger partial charge in [0.1, 0.15) is 6.04 Å². The fourth-order valence-electron chi connectivity index (χ4n) is 1.51. The first-order valence-corrected chi connectivity index (χ1v) is 6.24. The minimum atomic E-state index is -1.00. The molecule has 0 aliphatic heterocycles. The molecule has 0 rings (SSSR count). The van der Waals surface area contributed by atoms with Crippen LogP contribution in [-0.2, 0) is 4.79 Å². The van der Waals surface area contributed by atoms with Gasteiger partial charge in [-0.05, 0) is 18.3 Å². The molecule has 0 heterocycles. The van der Waals surface area contributed by atoms with Gasteiger partial charge in [0.05, 0.1) is 0 Å². The summed E-state index contributed by atoms with van der Waals surface area (Å²) in [6.45, 7) is 11.6. The number of carbonyl (C=O) groups excluding carboxylic acids is 1. The van der Waals surface area contributed by atoms with Crippen LogP contribution < -0.4 is 5.32 Å². The molecule has 0 saturated heterocycles. The van der Waals surface area contributed by atoms with Crippen LogP contribution in [0.5, 0.6) is 0 Å². The van der Waals surface area contributed by atoms with Crippen molar-refractivity contribution in [1.82, 2.24) is 10.2 Å². The Balaban J connectivity index is 4.71. The fourth-order valence-corrected chi connectivity index (χ4v) is 1.51. The lowest BCUT2D eigenvalue weighted by Crippen LogP contribution is -2.53. The van der Waals surface area contributed by atoms with Crippen molar-refractivity contribution in [3.8, 4) is 0 Å². The number of rotatable bonds is 4. The molecule has 0 aromatic rings. The largest absolute Gasteiger partial charge is 0.480 e. The minimum absolute atomic E-state index is 0.0131. The number of carbonyl (C=O) groups is 2. The van der Waals surface area contributed by atoms with Crippen LogP contribution in [0.1, 0.15) is 41.5 Å². The van der Waals surface area contributed by atoms with Gasteiger partial charge in [-0.25, -0.2) is 9.59 Å². The smallest absolute Gasteiger partial charge is 0.326 e. The summed E-state index contributed by atoms with van der Waals surface area (Å²) in [5.74, 6) is -1.15. The van der Waals surface area contributed by atoms with Crippen molar-refractivity contribution in [2.75, 3.05) is 7.05 Å². The lowest BCUT2D eigenvalue weighted by atomic mass is 9.87. The quantitative estimate of drug-likeness (QED) is 0.812. The molecule has 0 saturated carbocycles. The first-order valence-electron chi connectivity index (χ1n) is 6.24. The highest BCUT2D eigenvalue weighted by atomic mass is 16.4. The molecule has 0 fully saturated rings. The van der Waals surface area contributed by atoms with E-state index in [1.165, 1.54) is 0 Å². The van der Waals surface area contributed by atoms with Gasteiger partial charge in [-0.1, -0.05) is 34.6 Å². The number of aliphatic carboxylic acids is 1. The minimum Gasteiger partial charge on any atom is -0.480 e. The van der Waals surface area contributed by atoms with Gasteiger partial charge in [-0.2, -0.15) is 0 Å². The number of nitrogens with one attached hydrogen (secondary N) is 1. The summed E-state index contributed by atoms with van der Waals surface area (Å²) in [7, 11) is 1.69. The van der Waals surface area contributed by atoms with E-state index in [0.717, 1.165) is 0 Å². The third kappa shape index (κ3) is 4.55. The first kappa shape index (κ1) is 16.7. The Bertz CT molecular complexity index is 308. The van der Waals surface area contributed by atoms with Gasteiger partial charge >= 0.3 is 12.0 Å². The second-order valence-electron chi connectivity index (χ2n) is 6.16. The molecule has 0 bridgehead atoms. The molecular formula is C13H26N2O3. The molecule has 2 atom stereocenters. The van der Waals surface area contributed by atoms with Crippen LogP contribution in [0.15, 0.2) is 0 Å². The average Bonchev–Trinajstić information content (AvgIpc) is 2.20. The Labute approximate surface area is 110 Å². The highest BCUT2D eigenvalue weighted by Gasteiger charge is 2.30. The van der Waals surface area contributed by atoms with Gasteiger partial charge in [0.25, 0.3) is 0 Å². The van der Waals surface area contributed by atoms with Gasteiger partial charge < -0.3 is 15.3 Å². The van der Waals surface area contributed by atoms with Gasteiger partial charge in [-0.3, -0.25) is 0 Å². The van der Waals surface area contributed by atoms with Crippen molar-refractivity contribution < 1.29 is 14.7 Å². The Morgan fingerprint density at radius 2 is 1.61 bits per heavy atom. The van der Waals surface area contributed by atoms with Gasteiger partial charge in [0, 0.05) is 13.1 Å². The summed E-state index contributed by atoms with van der Waals surface area (Å²) in [6.07, 6.45) is 0. The first-order chi connectivity index (χ1) is 7.98. The van der Waals surface area contributed by atoms with Crippen LogP contribution in [-0.4, -0.2) is 41.1 Å². The molecule has 0 aliphatic carbocycles. The van der Waals surface area contributed by atoms with E-state index in [9.17, 15) is 9.59 Å². The van der Waals surface area contributed by atoms with Crippen LogP contribution in [0.25, 0.3) is 0 Å². The molecule has 0 spiro atoms. The number of urea groups is 1. The molecule has 2 unspecified atom stereocenters. The lowest BCUT2D eigenvalue weighted by Gasteiger charge is -2.36. The topological polar surface area (TPSA) is 69.6 Å². The summed E-state index contributed by atoms with van der Waals surface area (Å²) in [5.41, 5.74) is -0.0529. The lowest BCUT2D eigenvalue weighted by molar-refractivity contribution is -0.140. The van der Waals surface area contributed by atoms with E-state index >= 15 is 0 Å². The zero-order chi connectivity index (χ0) is 14.7. The van der Waals surface area contributed by atoms with Crippen LogP contribution in [0.4, 0.5) is 4.79 Å². The van der Waals surface area contributed by atoms with E-state index < -0.39 is 12.0 Å². The maximum absolute atomic E-state index is 12.0. The van der Waals surface area contributed by atoms with Crippen molar-refractivity contribution in [3.05, 3.63) is 0 Å². The normalized spacial score (nSPS) is 15.1. The zero-order valence-corrected chi connectivity index (χ0v) is 12.4. The number of amides is 2. The molecule has 0 radical (unpaired) electrons. The number of hydrogen-bond acceptors (Lipinski definition) is 2. The van der Waals surface area contributed by atoms with E-state index in [0.29, 0.717) is 0 Å². The maximum atomic E-state index is 12.0. The third-order valence-corrected chi connectivity index (χ3v) is 3.37. The average molecular weight is 258 g/mol. The number of nitrogens with zero attached hydrogens (tertiary/aromatic N) is 1. The maximum Gasteiger partial charge on any atom is 0.326 e. The van der Waals surface area contributed by atoms with Crippen molar-refractivity contribution in [2.24, 2.45) is 11.3 Å². The molecule has 5 nitrogen and oxygen atoms in total. The number of hydrogen-bond donors (Lipinski definition) is 2. The Hall–Kier alpha value is -1.26. The van der Waals surface area contributed by atoms with E-state index in [4.69, 9.17) is 5.11 Å². The van der Waals surface area contributed by atoms with Crippen molar-refractivity contribution >= 4 is 12.0 Å². The Kier molecular flexibility index (Phi) is 5.64. The fraction of sp³-hybridized carbons (Fsp3) is 0.846. The monoisotopic (exact) mass is 258 g/mol. The molecule has 2 N–H and O–H groups in total. The van der Waals surface area contributed by atoms with Crippen LogP contribution >= 0.6 is 0 Å². The van der Waals surface area contributed by atoms with E-state index in [1.54, 1.807) is 25.8 Å². The zero-order valence-electron chi connectivity index (χ0n) is 12.4. The molecule has 106 valence electrons. The van der Waals surface area contributed by atoms with E-state index in [1.807, 2.05) is 27.7 Å². The molecule has 0 aromatic carbocycles. The van der Waals surface area contributed by atoms with Crippen LogP contribution in [0, 0.1) is 11.3 Å². The third-order valence-electron chi connectivity index (χ3n) is 3.37. The van der Waals surface area contributed by atoms with Crippen LogP contribution in [0.2, 0.25) is 0 Å². The Morgan fingerprint density at radius 3 is 1.89 bits per heavy atom. The van der Waals surface area contributed by atoms with E-state index in [2.05, 4.69) is 5.32 Å². The van der Waals surface area contributed by atoms with Crippen LogP contribution in [0.3, 0.4) is 0 Å². The molecular weight excluding hydrogens is 232 g/mol. The van der Waals surface area contributed by atoms with Gasteiger partial charge in [0.2, 0.25) is 0 Å². The predicted molar refractivity (Wildman–Crippen MR) is 71.5 cm³/mol. The summed E-state index contributed by atoms with van der Waals surface area (Å²) in [5, 5.41) is 11.6. The number of carboxylic acid groups (broad SMARTS) is 1.